The predicted octanol–water partition coefficient (Wildman–Crippen LogP) is 1.57. The maximum absolute atomic E-state index is 12.2. The molecular formula is C15H14N6O2. The van der Waals surface area contributed by atoms with Crippen molar-refractivity contribution in [2.24, 2.45) is 0 Å². The summed E-state index contributed by atoms with van der Waals surface area (Å²) in [5, 5.41) is 16.1. The van der Waals surface area contributed by atoms with Gasteiger partial charge in [-0.15, -0.1) is 10.2 Å². The summed E-state index contributed by atoms with van der Waals surface area (Å²) in [6.45, 7) is 1.79. The molecule has 0 bridgehead atoms. The largest absolute Gasteiger partial charge is 0.326 e. The summed E-state index contributed by atoms with van der Waals surface area (Å²) in [4.78, 5) is 26.4. The van der Waals surface area contributed by atoms with E-state index in [0.29, 0.717) is 23.4 Å². The number of tetrazole rings is 1. The molecule has 0 aliphatic carbocycles. The van der Waals surface area contributed by atoms with Crippen molar-refractivity contribution in [3.8, 4) is 22.6 Å². The molecule has 0 saturated carbocycles. The maximum atomic E-state index is 12.2. The number of carbonyl (C=O) groups excluding carboxylic acids is 1. The molecule has 2 heterocycles. The number of H-pyrrole nitrogens is 2. The van der Waals surface area contributed by atoms with E-state index in [9.17, 15) is 9.59 Å². The number of nitrogens with zero attached hydrogens (tertiary/aromatic N) is 3. The SMILES string of the molecule is CCC(=O)Nc1cccc(-c2ccc(-c3nn[nH]n3)c(=O)[nH]2)c1. The third-order valence-electron chi connectivity index (χ3n) is 3.27. The van der Waals surface area contributed by atoms with Crippen LogP contribution < -0.4 is 10.9 Å². The van der Waals surface area contributed by atoms with Gasteiger partial charge in [-0.1, -0.05) is 19.1 Å². The van der Waals surface area contributed by atoms with Crippen LogP contribution >= 0.6 is 0 Å². The Hall–Kier alpha value is -3.29. The van der Waals surface area contributed by atoms with E-state index in [2.05, 4.69) is 30.9 Å². The van der Waals surface area contributed by atoms with Crippen LogP contribution in [0.1, 0.15) is 13.3 Å². The van der Waals surface area contributed by atoms with Crippen LogP contribution in [-0.4, -0.2) is 31.5 Å². The van der Waals surface area contributed by atoms with Gasteiger partial charge in [0, 0.05) is 23.4 Å². The van der Waals surface area contributed by atoms with Crippen molar-refractivity contribution < 1.29 is 4.79 Å². The number of aromatic nitrogens is 5. The second-order valence-corrected chi connectivity index (χ2v) is 4.83. The van der Waals surface area contributed by atoms with Gasteiger partial charge in [-0.2, -0.15) is 5.21 Å². The molecule has 2 aromatic heterocycles. The number of pyridine rings is 1. The summed E-state index contributed by atoms with van der Waals surface area (Å²) < 4.78 is 0. The fraction of sp³-hybridized carbons (Fsp3) is 0.133. The number of rotatable bonds is 4. The van der Waals surface area contributed by atoms with Gasteiger partial charge in [0.15, 0.2) is 0 Å². The first-order valence-corrected chi connectivity index (χ1v) is 7.05. The van der Waals surface area contributed by atoms with Crippen LogP contribution in [0.25, 0.3) is 22.6 Å². The molecule has 0 unspecified atom stereocenters. The molecule has 0 radical (unpaired) electrons. The predicted molar refractivity (Wildman–Crippen MR) is 84.6 cm³/mol. The van der Waals surface area contributed by atoms with E-state index in [1.807, 2.05) is 12.1 Å². The number of carbonyl (C=O) groups is 1. The molecule has 23 heavy (non-hydrogen) atoms. The molecule has 3 rings (SSSR count). The van der Waals surface area contributed by atoms with Crippen LogP contribution in [0.15, 0.2) is 41.2 Å². The number of anilines is 1. The topological polar surface area (TPSA) is 116 Å². The van der Waals surface area contributed by atoms with E-state index in [-0.39, 0.29) is 17.3 Å². The summed E-state index contributed by atoms with van der Waals surface area (Å²) >= 11 is 0. The monoisotopic (exact) mass is 310 g/mol. The first-order valence-electron chi connectivity index (χ1n) is 7.05. The number of amides is 1. The lowest BCUT2D eigenvalue weighted by Gasteiger charge is -2.07. The number of aromatic amines is 2. The highest BCUT2D eigenvalue weighted by Gasteiger charge is 2.09. The Kier molecular flexibility index (Phi) is 3.96. The molecule has 8 heteroatoms. The van der Waals surface area contributed by atoms with Crippen molar-refractivity contribution in [1.29, 1.82) is 0 Å². The highest BCUT2D eigenvalue weighted by molar-refractivity contribution is 5.91. The standard InChI is InChI=1S/C15H14N6O2/c1-2-13(22)16-10-5-3-4-9(8-10)12-7-6-11(15(23)17-12)14-18-20-21-19-14/h3-8H,2H2,1H3,(H,16,22)(H,17,23)(H,18,19,20,21). The number of nitrogens with one attached hydrogen (secondary N) is 3. The highest BCUT2D eigenvalue weighted by Crippen LogP contribution is 2.21. The van der Waals surface area contributed by atoms with E-state index in [0.717, 1.165) is 5.56 Å². The second kappa shape index (κ2) is 6.22. The molecule has 0 aliphatic rings. The zero-order chi connectivity index (χ0) is 16.2. The minimum absolute atomic E-state index is 0.0666. The lowest BCUT2D eigenvalue weighted by molar-refractivity contribution is -0.115. The summed E-state index contributed by atoms with van der Waals surface area (Å²) in [5.41, 5.74) is 2.12. The van der Waals surface area contributed by atoms with Crippen LogP contribution in [0.4, 0.5) is 5.69 Å². The van der Waals surface area contributed by atoms with Gasteiger partial charge in [-0.3, -0.25) is 9.59 Å². The van der Waals surface area contributed by atoms with Crippen molar-refractivity contribution in [1.82, 2.24) is 25.6 Å². The molecule has 1 amide bonds. The van der Waals surface area contributed by atoms with Crippen LogP contribution in [0.3, 0.4) is 0 Å². The summed E-state index contributed by atoms with van der Waals surface area (Å²) in [6.07, 6.45) is 0.403. The Morgan fingerprint density at radius 2 is 2.13 bits per heavy atom. The smallest absolute Gasteiger partial charge is 0.259 e. The average Bonchev–Trinajstić information content (AvgIpc) is 3.09. The van der Waals surface area contributed by atoms with Crippen molar-refractivity contribution in [2.75, 3.05) is 5.32 Å². The quantitative estimate of drug-likeness (QED) is 0.676. The Morgan fingerprint density at radius 3 is 2.83 bits per heavy atom. The summed E-state index contributed by atoms with van der Waals surface area (Å²) in [7, 11) is 0. The molecule has 0 atom stereocenters. The molecule has 0 saturated heterocycles. The van der Waals surface area contributed by atoms with Crippen LogP contribution in [0.5, 0.6) is 0 Å². The molecule has 0 aliphatic heterocycles. The van der Waals surface area contributed by atoms with Gasteiger partial charge in [-0.05, 0) is 29.5 Å². The fourth-order valence-corrected chi connectivity index (χ4v) is 2.11. The first kappa shape index (κ1) is 14.6. The van der Waals surface area contributed by atoms with Crippen molar-refractivity contribution in [2.45, 2.75) is 13.3 Å². The van der Waals surface area contributed by atoms with Crippen molar-refractivity contribution >= 4 is 11.6 Å². The molecule has 0 fully saturated rings. The number of benzene rings is 1. The molecule has 0 spiro atoms. The van der Waals surface area contributed by atoms with Gasteiger partial charge in [0.1, 0.15) is 0 Å². The normalized spacial score (nSPS) is 10.5. The third kappa shape index (κ3) is 3.15. The fourth-order valence-electron chi connectivity index (χ4n) is 2.11. The summed E-state index contributed by atoms with van der Waals surface area (Å²) in [5.74, 6) is 0.171. The molecule has 1 aromatic carbocycles. The Balaban J connectivity index is 1.93. The molecule has 8 nitrogen and oxygen atoms in total. The molecular weight excluding hydrogens is 296 g/mol. The van der Waals surface area contributed by atoms with Crippen molar-refractivity contribution in [3.05, 3.63) is 46.8 Å². The minimum Gasteiger partial charge on any atom is -0.326 e. The second-order valence-electron chi connectivity index (χ2n) is 4.83. The number of hydrogen-bond acceptors (Lipinski definition) is 5. The van der Waals surface area contributed by atoms with Crippen LogP contribution in [0.2, 0.25) is 0 Å². The number of hydrogen-bond donors (Lipinski definition) is 3. The Labute approximate surface area is 131 Å². The van der Waals surface area contributed by atoms with Gasteiger partial charge >= 0.3 is 0 Å². The van der Waals surface area contributed by atoms with Gasteiger partial charge in [0.2, 0.25) is 11.7 Å². The van der Waals surface area contributed by atoms with Gasteiger partial charge in [-0.25, -0.2) is 0 Å². The Morgan fingerprint density at radius 1 is 1.26 bits per heavy atom. The minimum atomic E-state index is -0.313. The van der Waals surface area contributed by atoms with Gasteiger partial charge < -0.3 is 10.3 Å². The zero-order valence-corrected chi connectivity index (χ0v) is 12.3. The van der Waals surface area contributed by atoms with E-state index in [1.165, 1.54) is 0 Å². The molecule has 3 aromatic rings. The van der Waals surface area contributed by atoms with E-state index >= 15 is 0 Å². The highest BCUT2D eigenvalue weighted by atomic mass is 16.1. The molecule has 116 valence electrons. The van der Waals surface area contributed by atoms with E-state index < -0.39 is 0 Å². The average molecular weight is 310 g/mol. The van der Waals surface area contributed by atoms with Crippen LogP contribution in [0, 0.1) is 0 Å². The van der Waals surface area contributed by atoms with Crippen LogP contribution in [-0.2, 0) is 4.79 Å². The van der Waals surface area contributed by atoms with Gasteiger partial charge in [0.05, 0.1) is 5.56 Å². The maximum Gasteiger partial charge on any atom is 0.259 e. The zero-order valence-electron chi connectivity index (χ0n) is 12.3. The summed E-state index contributed by atoms with van der Waals surface area (Å²) in [6, 6.07) is 10.6. The third-order valence-corrected chi connectivity index (χ3v) is 3.27. The van der Waals surface area contributed by atoms with Gasteiger partial charge in [0.25, 0.3) is 5.56 Å². The lowest BCUT2D eigenvalue weighted by Crippen LogP contribution is -2.11. The first-order chi connectivity index (χ1) is 11.2. The van der Waals surface area contributed by atoms with Crippen molar-refractivity contribution in [3.63, 3.8) is 0 Å². The van der Waals surface area contributed by atoms with E-state index in [4.69, 9.17) is 0 Å². The van der Waals surface area contributed by atoms with E-state index in [1.54, 1.807) is 31.2 Å². The Bertz CT molecular complexity index is 885. The lowest BCUT2D eigenvalue weighted by atomic mass is 10.1. The molecule has 3 N–H and O–H groups in total.